The van der Waals surface area contributed by atoms with E-state index in [2.05, 4.69) is 24.2 Å². The maximum atomic E-state index is 11.0. The van der Waals surface area contributed by atoms with Crippen molar-refractivity contribution in [3.8, 4) is 11.1 Å². The van der Waals surface area contributed by atoms with Crippen LogP contribution in [0.2, 0.25) is 0 Å². The van der Waals surface area contributed by atoms with E-state index in [1.807, 2.05) is 13.8 Å². The molecule has 100 valence electrons. The molecule has 4 heteroatoms. The van der Waals surface area contributed by atoms with Crippen molar-refractivity contribution in [1.29, 1.82) is 0 Å². The molecule has 0 saturated heterocycles. The Bertz CT molecular complexity index is 619. The van der Waals surface area contributed by atoms with Crippen molar-refractivity contribution in [2.24, 2.45) is 7.05 Å². The fourth-order valence-electron chi connectivity index (χ4n) is 2.63. The summed E-state index contributed by atoms with van der Waals surface area (Å²) in [6.45, 7) is 6.16. The zero-order valence-corrected chi connectivity index (χ0v) is 11.7. The zero-order valence-electron chi connectivity index (χ0n) is 11.7. The summed E-state index contributed by atoms with van der Waals surface area (Å²) in [4.78, 5) is 11.0. The molecule has 2 rings (SSSR count). The predicted molar refractivity (Wildman–Crippen MR) is 74.2 cm³/mol. The van der Waals surface area contributed by atoms with Crippen LogP contribution in [0.3, 0.4) is 0 Å². The number of carbonyl (C=O) groups is 1. The smallest absolute Gasteiger partial charge is 0.309 e. The third-order valence-electron chi connectivity index (χ3n) is 3.33. The van der Waals surface area contributed by atoms with Crippen LogP contribution in [0.25, 0.3) is 11.1 Å². The molecule has 1 heterocycles. The Morgan fingerprint density at radius 2 is 1.84 bits per heavy atom. The molecule has 0 saturated carbocycles. The molecule has 1 N–H and O–H groups in total. The van der Waals surface area contributed by atoms with Crippen molar-refractivity contribution in [2.75, 3.05) is 0 Å². The Hall–Kier alpha value is -2.10. The van der Waals surface area contributed by atoms with Crippen LogP contribution < -0.4 is 0 Å². The molecule has 0 aliphatic carbocycles. The van der Waals surface area contributed by atoms with E-state index in [4.69, 9.17) is 5.11 Å². The molecular formula is C15H18N2O2. The first kappa shape index (κ1) is 13.3. The van der Waals surface area contributed by atoms with Crippen LogP contribution in [0.15, 0.2) is 18.3 Å². The van der Waals surface area contributed by atoms with Crippen molar-refractivity contribution < 1.29 is 9.90 Å². The number of hydrogen-bond donors (Lipinski definition) is 1. The lowest BCUT2D eigenvalue weighted by Gasteiger charge is -2.12. The molecule has 2 aromatic rings. The van der Waals surface area contributed by atoms with Gasteiger partial charge in [-0.3, -0.25) is 9.48 Å². The van der Waals surface area contributed by atoms with Gasteiger partial charge in [0.2, 0.25) is 0 Å². The van der Waals surface area contributed by atoms with Gasteiger partial charge in [0.1, 0.15) is 0 Å². The monoisotopic (exact) mass is 258 g/mol. The van der Waals surface area contributed by atoms with E-state index in [0.717, 1.165) is 27.9 Å². The first-order chi connectivity index (χ1) is 8.90. The highest BCUT2D eigenvalue weighted by Crippen LogP contribution is 2.31. The van der Waals surface area contributed by atoms with Crippen LogP contribution in [0.5, 0.6) is 0 Å². The summed E-state index contributed by atoms with van der Waals surface area (Å²) in [5, 5.41) is 13.2. The minimum atomic E-state index is -0.840. The number of benzene rings is 1. The van der Waals surface area contributed by atoms with E-state index in [1.54, 1.807) is 17.9 Å². The minimum Gasteiger partial charge on any atom is -0.481 e. The molecule has 0 unspecified atom stereocenters. The van der Waals surface area contributed by atoms with Gasteiger partial charge >= 0.3 is 5.97 Å². The molecule has 0 radical (unpaired) electrons. The van der Waals surface area contributed by atoms with Gasteiger partial charge in [-0.2, -0.15) is 5.10 Å². The Morgan fingerprint density at radius 3 is 2.37 bits per heavy atom. The lowest BCUT2D eigenvalue weighted by molar-refractivity contribution is -0.136. The predicted octanol–water partition coefficient (Wildman–Crippen LogP) is 2.64. The Kier molecular flexibility index (Phi) is 3.42. The molecule has 0 fully saturated rings. The summed E-state index contributed by atoms with van der Waals surface area (Å²) < 4.78 is 1.64. The fourth-order valence-corrected chi connectivity index (χ4v) is 2.63. The number of nitrogens with zero attached hydrogens (tertiary/aromatic N) is 2. The average molecular weight is 258 g/mol. The fraction of sp³-hybridized carbons (Fsp3) is 0.333. The van der Waals surface area contributed by atoms with Gasteiger partial charge in [-0.05, 0) is 37.5 Å². The van der Waals surface area contributed by atoms with Gasteiger partial charge in [-0.25, -0.2) is 0 Å². The minimum absolute atomic E-state index is 0.0153. The SMILES string of the molecule is Cc1cc(C)c(-c2cnn(C)c2CC(=O)O)c(C)c1. The second-order valence-electron chi connectivity index (χ2n) is 4.97. The number of aliphatic carboxylic acids is 1. The lowest BCUT2D eigenvalue weighted by atomic mass is 9.93. The van der Waals surface area contributed by atoms with Crippen molar-refractivity contribution in [1.82, 2.24) is 9.78 Å². The van der Waals surface area contributed by atoms with Crippen molar-refractivity contribution in [3.63, 3.8) is 0 Å². The summed E-state index contributed by atoms with van der Waals surface area (Å²) in [6.07, 6.45) is 1.74. The maximum Gasteiger partial charge on any atom is 0.309 e. The van der Waals surface area contributed by atoms with E-state index < -0.39 is 5.97 Å². The molecule has 19 heavy (non-hydrogen) atoms. The second-order valence-corrected chi connectivity index (χ2v) is 4.97. The summed E-state index contributed by atoms with van der Waals surface area (Å²) in [5.41, 5.74) is 6.26. The van der Waals surface area contributed by atoms with Crippen molar-refractivity contribution in [2.45, 2.75) is 27.2 Å². The van der Waals surface area contributed by atoms with Gasteiger partial charge in [-0.15, -0.1) is 0 Å². The molecule has 0 bridgehead atoms. The van der Waals surface area contributed by atoms with E-state index >= 15 is 0 Å². The first-order valence-corrected chi connectivity index (χ1v) is 6.21. The highest BCUT2D eigenvalue weighted by Gasteiger charge is 2.17. The molecule has 0 spiro atoms. The van der Waals surface area contributed by atoms with Gasteiger partial charge in [0.05, 0.1) is 18.3 Å². The van der Waals surface area contributed by atoms with Gasteiger partial charge in [0.25, 0.3) is 0 Å². The molecule has 1 aromatic heterocycles. The molecule has 0 aliphatic heterocycles. The number of aromatic nitrogens is 2. The van der Waals surface area contributed by atoms with Gasteiger partial charge in [0, 0.05) is 12.6 Å². The largest absolute Gasteiger partial charge is 0.481 e. The average Bonchev–Trinajstić information content (AvgIpc) is 2.59. The normalized spacial score (nSPS) is 10.7. The Morgan fingerprint density at radius 1 is 1.26 bits per heavy atom. The van der Waals surface area contributed by atoms with Crippen LogP contribution in [-0.4, -0.2) is 20.9 Å². The van der Waals surface area contributed by atoms with Crippen LogP contribution in [0.1, 0.15) is 22.4 Å². The molecule has 1 aromatic carbocycles. The first-order valence-electron chi connectivity index (χ1n) is 6.21. The van der Waals surface area contributed by atoms with Gasteiger partial charge in [0.15, 0.2) is 0 Å². The number of hydrogen-bond acceptors (Lipinski definition) is 2. The quantitative estimate of drug-likeness (QED) is 0.920. The maximum absolute atomic E-state index is 11.0. The summed E-state index contributed by atoms with van der Waals surface area (Å²) in [6, 6.07) is 4.22. The number of carboxylic acids is 1. The molecule has 0 atom stereocenters. The standard InChI is InChI=1S/C15H18N2O2/c1-9-5-10(2)15(11(3)6-9)12-8-16-17(4)13(12)7-14(18)19/h5-6,8H,7H2,1-4H3,(H,18,19). The zero-order chi connectivity index (χ0) is 14.2. The summed E-state index contributed by atoms with van der Waals surface area (Å²) in [5.74, 6) is -0.840. The highest BCUT2D eigenvalue weighted by molar-refractivity contribution is 5.78. The van der Waals surface area contributed by atoms with Crippen LogP contribution in [0, 0.1) is 20.8 Å². The van der Waals surface area contributed by atoms with Crippen LogP contribution >= 0.6 is 0 Å². The molecule has 4 nitrogen and oxygen atoms in total. The topological polar surface area (TPSA) is 55.1 Å². The Labute approximate surface area is 112 Å². The number of rotatable bonds is 3. The highest BCUT2D eigenvalue weighted by atomic mass is 16.4. The molecule has 0 amide bonds. The van der Waals surface area contributed by atoms with Gasteiger partial charge in [-0.1, -0.05) is 17.7 Å². The van der Waals surface area contributed by atoms with Gasteiger partial charge < -0.3 is 5.11 Å². The Balaban J connectivity index is 2.63. The number of carboxylic acid groups (broad SMARTS) is 1. The van der Waals surface area contributed by atoms with E-state index in [1.165, 1.54) is 5.56 Å². The van der Waals surface area contributed by atoms with Crippen LogP contribution in [-0.2, 0) is 18.3 Å². The van der Waals surface area contributed by atoms with Crippen molar-refractivity contribution >= 4 is 5.97 Å². The lowest BCUT2D eigenvalue weighted by Crippen LogP contribution is -2.07. The van der Waals surface area contributed by atoms with E-state index in [9.17, 15) is 4.79 Å². The molecular weight excluding hydrogens is 240 g/mol. The van der Waals surface area contributed by atoms with E-state index in [0.29, 0.717) is 0 Å². The summed E-state index contributed by atoms with van der Waals surface area (Å²) >= 11 is 0. The summed E-state index contributed by atoms with van der Waals surface area (Å²) in [7, 11) is 1.78. The van der Waals surface area contributed by atoms with Crippen molar-refractivity contribution in [3.05, 3.63) is 40.7 Å². The third-order valence-corrected chi connectivity index (χ3v) is 3.33. The third kappa shape index (κ3) is 2.52. The number of aryl methyl sites for hydroxylation is 4. The van der Waals surface area contributed by atoms with Crippen LogP contribution in [0.4, 0.5) is 0 Å². The second kappa shape index (κ2) is 4.88. The molecule has 0 aliphatic rings. The van der Waals surface area contributed by atoms with E-state index in [-0.39, 0.29) is 6.42 Å².